The molecule has 0 spiro atoms. The largest absolute Gasteiger partial charge is 0.442 e. The second-order valence-electron chi connectivity index (χ2n) is 7.15. The van der Waals surface area contributed by atoms with Crippen LogP contribution in [0.4, 0.5) is 11.5 Å². The zero-order valence-corrected chi connectivity index (χ0v) is 16.2. The predicted molar refractivity (Wildman–Crippen MR) is 106 cm³/mol. The van der Waals surface area contributed by atoms with Gasteiger partial charge in [0.05, 0.1) is 10.9 Å². The van der Waals surface area contributed by atoms with E-state index in [4.69, 9.17) is 4.42 Å². The maximum Gasteiger partial charge on any atom is 0.260 e. The van der Waals surface area contributed by atoms with Gasteiger partial charge < -0.3 is 15.1 Å². The number of carbonyl (C=O) groups excluding carboxylic acids is 1. The topological polar surface area (TPSA) is 80.1 Å². The van der Waals surface area contributed by atoms with E-state index >= 15 is 0 Å². The number of anilines is 2. The van der Waals surface area contributed by atoms with Crippen LogP contribution in [0.3, 0.4) is 0 Å². The lowest BCUT2D eigenvalue weighted by Crippen LogP contribution is -2.19. The van der Waals surface area contributed by atoms with E-state index in [1.807, 2.05) is 25.1 Å². The molecule has 1 saturated carbocycles. The summed E-state index contributed by atoms with van der Waals surface area (Å²) >= 11 is 0. The van der Waals surface area contributed by atoms with E-state index in [1.54, 1.807) is 6.92 Å². The fraction of sp³-hybridized carbons (Fsp3) is 0.316. The van der Waals surface area contributed by atoms with Crippen molar-refractivity contribution in [2.45, 2.75) is 39.2 Å². The minimum atomic E-state index is -0.228. The molecule has 1 atom stereocenters. The number of carbonyl (C=O) groups is 1. The summed E-state index contributed by atoms with van der Waals surface area (Å²) in [5.74, 6) is 0.946. The van der Waals surface area contributed by atoms with Crippen molar-refractivity contribution >= 4 is 43.1 Å². The Morgan fingerprint density at radius 1 is 1.27 bits per heavy atom. The molecule has 1 unspecified atom stereocenters. The van der Waals surface area contributed by atoms with Gasteiger partial charge in [0.25, 0.3) is 5.91 Å². The van der Waals surface area contributed by atoms with Crippen molar-refractivity contribution in [3.05, 3.63) is 41.4 Å². The van der Waals surface area contributed by atoms with Gasteiger partial charge in [0.15, 0.2) is 0 Å². The first-order valence-corrected chi connectivity index (χ1v) is 9.14. The molecule has 1 fully saturated rings. The monoisotopic (exact) mass is 368 g/mol. The van der Waals surface area contributed by atoms with Crippen molar-refractivity contribution in [1.29, 1.82) is 0 Å². The lowest BCUT2D eigenvalue weighted by Gasteiger charge is -2.13. The standard InChI is InChI=1S/C19H21N4O2P/c1-10-4-5-12(8-13(10)26)22-17(24)14-11(2)25-18-15(14)16(20-9-21-18)23-19(3)6-7-19/h4-5,8-9H,6-7,26H2,1-3H3,(H,22,24)(H,20,21,23). The number of aryl methyl sites for hydroxylation is 2. The zero-order chi connectivity index (χ0) is 18.5. The Morgan fingerprint density at radius 3 is 2.73 bits per heavy atom. The average Bonchev–Trinajstić information content (AvgIpc) is 3.19. The highest BCUT2D eigenvalue weighted by Gasteiger charge is 2.38. The summed E-state index contributed by atoms with van der Waals surface area (Å²) < 4.78 is 5.72. The molecular weight excluding hydrogens is 347 g/mol. The summed E-state index contributed by atoms with van der Waals surface area (Å²) in [5.41, 5.74) is 2.81. The third-order valence-electron chi connectivity index (χ3n) is 4.85. The Kier molecular flexibility index (Phi) is 3.96. The molecule has 1 aromatic carbocycles. The number of furan rings is 1. The Hall–Kier alpha value is -2.46. The van der Waals surface area contributed by atoms with Gasteiger partial charge >= 0.3 is 0 Å². The Bertz CT molecular complexity index is 1020. The second kappa shape index (κ2) is 6.06. The van der Waals surface area contributed by atoms with Crippen molar-refractivity contribution in [1.82, 2.24) is 9.97 Å². The van der Waals surface area contributed by atoms with Gasteiger partial charge in [-0.25, -0.2) is 9.97 Å². The quantitative estimate of drug-likeness (QED) is 0.689. The molecule has 7 heteroatoms. The van der Waals surface area contributed by atoms with E-state index in [-0.39, 0.29) is 11.4 Å². The number of rotatable bonds is 4. The lowest BCUT2D eigenvalue weighted by molar-refractivity contribution is 0.102. The Morgan fingerprint density at radius 2 is 2.04 bits per heavy atom. The summed E-state index contributed by atoms with van der Waals surface area (Å²) in [7, 11) is 2.68. The van der Waals surface area contributed by atoms with Gasteiger partial charge in [0, 0.05) is 11.2 Å². The van der Waals surface area contributed by atoms with Gasteiger partial charge in [-0.2, -0.15) is 0 Å². The van der Waals surface area contributed by atoms with E-state index in [9.17, 15) is 4.79 Å². The molecule has 1 amide bonds. The number of aromatic nitrogens is 2. The van der Waals surface area contributed by atoms with Gasteiger partial charge in [0.2, 0.25) is 5.71 Å². The van der Waals surface area contributed by atoms with Gasteiger partial charge in [-0.3, -0.25) is 4.79 Å². The fourth-order valence-electron chi connectivity index (χ4n) is 2.92. The van der Waals surface area contributed by atoms with E-state index in [0.29, 0.717) is 28.2 Å². The maximum atomic E-state index is 13.0. The maximum absolute atomic E-state index is 13.0. The lowest BCUT2D eigenvalue weighted by atomic mass is 10.1. The SMILES string of the molecule is Cc1ccc(NC(=O)c2c(C)oc3ncnc(NC4(C)CC4)c23)cc1P. The first-order chi connectivity index (χ1) is 12.4. The molecule has 26 heavy (non-hydrogen) atoms. The summed E-state index contributed by atoms with van der Waals surface area (Å²) in [5, 5.41) is 8.06. The van der Waals surface area contributed by atoms with Crippen molar-refractivity contribution in [3.8, 4) is 0 Å². The van der Waals surface area contributed by atoms with Crippen LogP contribution < -0.4 is 15.9 Å². The molecule has 2 aromatic heterocycles. The zero-order valence-electron chi connectivity index (χ0n) is 15.0. The number of hydrogen-bond donors (Lipinski definition) is 2. The average molecular weight is 368 g/mol. The van der Waals surface area contributed by atoms with Gasteiger partial charge in [0.1, 0.15) is 17.9 Å². The summed E-state index contributed by atoms with van der Waals surface area (Å²) in [6.45, 7) is 5.94. The third-order valence-corrected chi connectivity index (χ3v) is 5.47. The molecule has 2 N–H and O–H groups in total. The van der Waals surface area contributed by atoms with E-state index in [1.165, 1.54) is 6.33 Å². The van der Waals surface area contributed by atoms with Crippen LogP contribution in [0.2, 0.25) is 0 Å². The highest BCUT2D eigenvalue weighted by atomic mass is 31.0. The van der Waals surface area contributed by atoms with Crippen LogP contribution in [-0.4, -0.2) is 21.4 Å². The molecule has 134 valence electrons. The third kappa shape index (κ3) is 3.06. The van der Waals surface area contributed by atoms with Crippen LogP contribution in [0.15, 0.2) is 28.9 Å². The van der Waals surface area contributed by atoms with Crippen LogP contribution in [0.5, 0.6) is 0 Å². The number of amides is 1. The van der Waals surface area contributed by atoms with Crippen molar-refractivity contribution in [2.24, 2.45) is 0 Å². The summed E-state index contributed by atoms with van der Waals surface area (Å²) in [6.07, 6.45) is 3.62. The Labute approximate surface area is 154 Å². The molecule has 4 rings (SSSR count). The van der Waals surface area contributed by atoms with Crippen LogP contribution in [-0.2, 0) is 0 Å². The van der Waals surface area contributed by atoms with E-state index in [2.05, 4.69) is 36.8 Å². The first-order valence-electron chi connectivity index (χ1n) is 8.56. The molecule has 0 aliphatic heterocycles. The van der Waals surface area contributed by atoms with Crippen LogP contribution in [0, 0.1) is 13.8 Å². The van der Waals surface area contributed by atoms with Crippen molar-refractivity contribution in [3.63, 3.8) is 0 Å². The normalized spacial score (nSPS) is 15.1. The molecule has 1 aliphatic rings. The van der Waals surface area contributed by atoms with Gasteiger partial charge in [-0.05, 0) is 56.6 Å². The molecular formula is C19H21N4O2P. The number of nitrogens with zero attached hydrogens (tertiary/aromatic N) is 2. The molecule has 0 saturated heterocycles. The van der Waals surface area contributed by atoms with Crippen LogP contribution in [0.25, 0.3) is 11.1 Å². The summed E-state index contributed by atoms with van der Waals surface area (Å²) in [6, 6.07) is 5.79. The number of benzene rings is 1. The highest BCUT2D eigenvalue weighted by molar-refractivity contribution is 7.27. The molecule has 1 aliphatic carbocycles. The number of nitrogens with one attached hydrogen (secondary N) is 2. The first kappa shape index (κ1) is 17.0. The van der Waals surface area contributed by atoms with Gasteiger partial charge in [-0.15, -0.1) is 9.24 Å². The molecule has 6 nitrogen and oxygen atoms in total. The van der Waals surface area contributed by atoms with Gasteiger partial charge in [-0.1, -0.05) is 6.07 Å². The van der Waals surface area contributed by atoms with E-state index in [0.717, 1.165) is 29.4 Å². The Balaban J connectivity index is 1.73. The highest BCUT2D eigenvalue weighted by Crippen LogP contribution is 2.40. The molecule has 3 aromatic rings. The predicted octanol–water partition coefficient (Wildman–Crippen LogP) is 3.56. The molecule has 2 heterocycles. The van der Waals surface area contributed by atoms with Crippen molar-refractivity contribution in [2.75, 3.05) is 10.6 Å². The summed E-state index contributed by atoms with van der Waals surface area (Å²) in [4.78, 5) is 21.5. The number of fused-ring (bicyclic) bond motifs is 1. The van der Waals surface area contributed by atoms with E-state index < -0.39 is 0 Å². The minimum Gasteiger partial charge on any atom is -0.442 e. The van der Waals surface area contributed by atoms with Crippen molar-refractivity contribution < 1.29 is 9.21 Å². The number of hydrogen-bond acceptors (Lipinski definition) is 5. The van der Waals surface area contributed by atoms with Crippen LogP contribution in [0.1, 0.15) is 41.4 Å². The smallest absolute Gasteiger partial charge is 0.260 e. The minimum absolute atomic E-state index is 0.0332. The second-order valence-corrected chi connectivity index (χ2v) is 7.77. The molecule has 0 bridgehead atoms. The fourth-order valence-corrected chi connectivity index (χ4v) is 3.20. The molecule has 0 radical (unpaired) electrons. The van der Waals surface area contributed by atoms with Crippen LogP contribution >= 0.6 is 9.24 Å².